The number of rotatable bonds is 7. The van der Waals surface area contributed by atoms with Crippen molar-refractivity contribution in [3.8, 4) is 5.75 Å². The molecular weight excluding hydrogens is 352 g/mol. The van der Waals surface area contributed by atoms with E-state index in [9.17, 15) is 9.59 Å². The van der Waals surface area contributed by atoms with E-state index in [0.29, 0.717) is 22.4 Å². The van der Waals surface area contributed by atoms with Crippen LogP contribution in [0, 0.1) is 0 Å². The molecule has 28 heavy (non-hydrogen) atoms. The van der Waals surface area contributed by atoms with Crippen LogP contribution in [0.25, 0.3) is 11.6 Å². The second-order valence-corrected chi connectivity index (χ2v) is 6.07. The molecule has 140 valence electrons. The second-order valence-electron chi connectivity index (χ2n) is 6.07. The molecule has 0 spiro atoms. The largest absolute Gasteiger partial charge is 0.497 e. The maximum Gasteiger partial charge on any atom is 0.339 e. The zero-order chi connectivity index (χ0) is 19.8. The predicted octanol–water partition coefficient (Wildman–Crippen LogP) is 4.66. The fourth-order valence-electron chi connectivity index (χ4n) is 2.69. The molecule has 0 aromatic heterocycles. The van der Waals surface area contributed by atoms with Crippen LogP contribution in [0.1, 0.15) is 21.5 Å². The zero-order valence-electron chi connectivity index (χ0n) is 15.5. The van der Waals surface area contributed by atoms with E-state index in [4.69, 9.17) is 9.47 Å². The molecule has 4 heteroatoms. The van der Waals surface area contributed by atoms with Gasteiger partial charge < -0.3 is 9.47 Å². The fraction of sp³-hybridized carbons (Fsp3) is 0.0833. The summed E-state index contributed by atoms with van der Waals surface area (Å²) in [6.45, 7) is -0.314. The lowest BCUT2D eigenvalue weighted by atomic mass is 10.0. The van der Waals surface area contributed by atoms with Crippen molar-refractivity contribution >= 4 is 23.4 Å². The Labute approximate surface area is 164 Å². The molecule has 0 saturated heterocycles. The normalized spacial score (nSPS) is 11.0. The Morgan fingerprint density at radius 3 is 2.11 bits per heavy atom. The number of carbonyl (C=O) groups excluding carboxylic acids is 2. The summed E-state index contributed by atoms with van der Waals surface area (Å²) in [5, 5.41) is 0. The number of hydrogen-bond acceptors (Lipinski definition) is 4. The van der Waals surface area contributed by atoms with Gasteiger partial charge in [0.2, 0.25) is 0 Å². The fourth-order valence-corrected chi connectivity index (χ4v) is 2.69. The Kier molecular flexibility index (Phi) is 6.37. The van der Waals surface area contributed by atoms with Gasteiger partial charge in [-0.05, 0) is 29.3 Å². The van der Waals surface area contributed by atoms with E-state index in [1.54, 1.807) is 37.5 Å². The molecular formula is C24H20O4. The van der Waals surface area contributed by atoms with Crippen molar-refractivity contribution < 1.29 is 19.1 Å². The minimum atomic E-state index is -0.557. The molecule has 0 fully saturated rings. The minimum absolute atomic E-state index is 0.247. The Morgan fingerprint density at radius 2 is 1.46 bits per heavy atom. The van der Waals surface area contributed by atoms with Crippen molar-refractivity contribution in [1.29, 1.82) is 0 Å². The molecule has 0 atom stereocenters. The van der Waals surface area contributed by atoms with Crippen LogP contribution in [0.2, 0.25) is 0 Å². The Hall–Kier alpha value is -3.66. The van der Waals surface area contributed by atoms with Gasteiger partial charge in [-0.2, -0.15) is 0 Å². The first-order chi connectivity index (χ1) is 13.7. The molecule has 0 saturated carbocycles. The first-order valence-corrected chi connectivity index (χ1v) is 8.84. The number of carbonyl (C=O) groups is 2. The van der Waals surface area contributed by atoms with E-state index in [-0.39, 0.29) is 12.4 Å². The van der Waals surface area contributed by atoms with Crippen LogP contribution in [0.15, 0.2) is 84.9 Å². The number of hydrogen-bond donors (Lipinski definition) is 0. The van der Waals surface area contributed by atoms with Gasteiger partial charge in [0.15, 0.2) is 12.4 Å². The third-order valence-corrected chi connectivity index (χ3v) is 4.14. The molecule has 0 bridgehead atoms. The molecule has 0 N–H and O–H groups in total. The van der Waals surface area contributed by atoms with E-state index in [1.807, 2.05) is 60.7 Å². The maximum absolute atomic E-state index is 12.8. The number of esters is 1. The maximum atomic E-state index is 12.8. The topological polar surface area (TPSA) is 52.6 Å². The summed E-state index contributed by atoms with van der Waals surface area (Å²) in [5.41, 5.74) is 2.38. The highest BCUT2D eigenvalue weighted by molar-refractivity contribution is 6.22. The Bertz CT molecular complexity index is 976. The Balaban J connectivity index is 1.83. The lowest BCUT2D eigenvalue weighted by Crippen LogP contribution is -2.15. The van der Waals surface area contributed by atoms with Crippen molar-refractivity contribution in [2.75, 3.05) is 13.7 Å². The van der Waals surface area contributed by atoms with Crippen molar-refractivity contribution in [2.45, 2.75) is 0 Å². The molecule has 3 aromatic carbocycles. The van der Waals surface area contributed by atoms with E-state index >= 15 is 0 Å². The van der Waals surface area contributed by atoms with Gasteiger partial charge in [-0.3, -0.25) is 4.79 Å². The monoisotopic (exact) mass is 372 g/mol. The minimum Gasteiger partial charge on any atom is -0.497 e. The highest BCUT2D eigenvalue weighted by atomic mass is 16.5. The van der Waals surface area contributed by atoms with Crippen molar-refractivity contribution in [1.82, 2.24) is 0 Å². The lowest BCUT2D eigenvalue weighted by molar-refractivity contribution is -0.135. The van der Waals surface area contributed by atoms with E-state index in [1.165, 1.54) is 0 Å². The van der Waals surface area contributed by atoms with E-state index in [0.717, 1.165) is 5.56 Å². The van der Waals surface area contributed by atoms with Crippen LogP contribution in [0.5, 0.6) is 5.75 Å². The van der Waals surface area contributed by atoms with Crippen LogP contribution >= 0.6 is 0 Å². The highest BCUT2D eigenvalue weighted by Crippen LogP contribution is 2.22. The molecule has 0 amide bonds. The number of ketones is 1. The van der Waals surface area contributed by atoms with Crippen molar-refractivity contribution in [3.63, 3.8) is 0 Å². The summed E-state index contributed by atoms with van der Waals surface area (Å²) in [7, 11) is 1.59. The standard InChI is InChI=1S/C24H20O4/c1-27-21-14-8-9-18(15-21)16-22(19-10-4-2-5-11-19)24(26)28-17-23(25)20-12-6-3-7-13-20/h2-16H,17H2,1H3/b22-16-. The van der Waals surface area contributed by atoms with Crippen LogP contribution < -0.4 is 4.74 Å². The molecule has 0 aliphatic rings. The van der Waals surface area contributed by atoms with Crippen molar-refractivity contribution in [3.05, 3.63) is 102 Å². The molecule has 3 aromatic rings. The van der Waals surface area contributed by atoms with Crippen LogP contribution in [0.3, 0.4) is 0 Å². The molecule has 0 heterocycles. The third-order valence-electron chi connectivity index (χ3n) is 4.14. The quantitative estimate of drug-likeness (QED) is 0.262. The Morgan fingerprint density at radius 1 is 0.821 bits per heavy atom. The smallest absolute Gasteiger partial charge is 0.339 e. The van der Waals surface area contributed by atoms with Gasteiger partial charge in [-0.25, -0.2) is 4.79 Å². The average Bonchev–Trinajstić information content (AvgIpc) is 2.77. The third kappa shape index (κ3) is 4.95. The summed E-state index contributed by atoms with van der Waals surface area (Å²) >= 11 is 0. The lowest BCUT2D eigenvalue weighted by Gasteiger charge is -2.09. The predicted molar refractivity (Wildman–Crippen MR) is 109 cm³/mol. The summed E-state index contributed by atoms with van der Waals surface area (Å²) in [5.74, 6) is -0.116. The SMILES string of the molecule is COc1cccc(/C=C(\C(=O)OCC(=O)c2ccccc2)c2ccccc2)c1. The molecule has 4 nitrogen and oxygen atoms in total. The van der Waals surface area contributed by atoms with Gasteiger partial charge in [0, 0.05) is 5.56 Å². The molecule has 3 rings (SSSR count). The van der Waals surface area contributed by atoms with Crippen LogP contribution in [-0.2, 0) is 9.53 Å². The number of ether oxygens (including phenoxy) is 2. The summed E-state index contributed by atoms with van der Waals surface area (Å²) < 4.78 is 10.6. The molecule has 0 aliphatic carbocycles. The summed E-state index contributed by atoms with van der Waals surface area (Å²) in [6, 6.07) is 25.3. The number of Topliss-reactive ketones (excluding diaryl/α,β-unsaturated/α-hetero) is 1. The molecule has 0 aliphatic heterocycles. The van der Waals surface area contributed by atoms with Gasteiger partial charge in [0.1, 0.15) is 5.75 Å². The highest BCUT2D eigenvalue weighted by Gasteiger charge is 2.16. The zero-order valence-corrected chi connectivity index (χ0v) is 15.5. The first-order valence-electron chi connectivity index (χ1n) is 8.84. The van der Waals surface area contributed by atoms with E-state index < -0.39 is 5.97 Å². The van der Waals surface area contributed by atoms with Crippen molar-refractivity contribution in [2.24, 2.45) is 0 Å². The van der Waals surface area contributed by atoms with Crippen LogP contribution in [-0.4, -0.2) is 25.5 Å². The molecule has 0 radical (unpaired) electrons. The number of benzene rings is 3. The number of methoxy groups -OCH3 is 1. The van der Waals surface area contributed by atoms with Gasteiger partial charge >= 0.3 is 5.97 Å². The van der Waals surface area contributed by atoms with Gasteiger partial charge in [0.25, 0.3) is 0 Å². The first kappa shape index (κ1) is 19.1. The van der Waals surface area contributed by atoms with E-state index in [2.05, 4.69) is 0 Å². The average molecular weight is 372 g/mol. The molecule has 0 unspecified atom stereocenters. The summed E-state index contributed by atoms with van der Waals surface area (Å²) in [4.78, 5) is 25.0. The van der Waals surface area contributed by atoms with Gasteiger partial charge in [-0.1, -0.05) is 72.8 Å². The summed E-state index contributed by atoms with van der Waals surface area (Å²) in [6.07, 6.45) is 1.73. The van der Waals surface area contributed by atoms with Gasteiger partial charge in [-0.15, -0.1) is 0 Å². The van der Waals surface area contributed by atoms with Crippen LogP contribution in [0.4, 0.5) is 0 Å². The van der Waals surface area contributed by atoms with Gasteiger partial charge in [0.05, 0.1) is 12.7 Å². The second kappa shape index (κ2) is 9.33.